The van der Waals surface area contributed by atoms with Crippen LogP contribution >= 0.6 is 0 Å². The van der Waals surface area contributed by atoms with Crippen LogP contribution in [0, 0.1) is 11.8 Å². The largest absolute Gasteiger partial charge is 0.472 e. The molecule has 1 aromatic rings. The zero-order valence-electron chi connectivity index (χ0n) is 11.8. The van der Waals surface area contributed by atoms with Gasteiger partial charge in [0, 0.05) is 52.3 Å². The van der Waals surface area contributed by atoms with Crippen LogP contribution in [0.2, 0.25) is 0 Å². The van der Waals surface area contributed by atoms with Crippen molar-refractivity contribution in [3.63, 3.8) is 0 Å². The van der Waals surface area contributed by atoms with Gasteiger partial charge in [0.2, 0.25) is 5.91 Å². The van der Waals surface area contributed by atoms with Gasteiger partial charge in [0.15, 0.2) is 0 Å². The molecule has 1 amide bonds. The number of carbonyl (C=O) groups excluding carboxylic acids is 1. The number of amides is 1. The number of methoxy groups -OCH3 is 1. The number of carbonyl (C=O) groups is 1. The molecule has 1 fully saturated rings. The van der Waals surface area contributed by atoms with Crippen LogP contribution in [0.4, 0.5) is 0 Å². The van der Waals surface area contributed by atoms with E-state index < -0.39 is 0 Å². The van der Waals surface area contributed by atoms with Gasteiger partial charge in [-0.25, -0.2) is 0 Å². The van der Waals surface area contributed by atoms with Gasteiger partial charge >= 0.3 is 0 Å². The molecule has 0 radical (unpaired) electrons. The van der Waals surface area contributed by atoms with Crippen LogP contribution in [-0.2, 0) is 16.1 Å². The van der Waals surface area contributed by atoms with Gasteiger partial charge in [-0.15, -0.1) is 0 Å². The number of hydrogen-bond donors (Lipinski definition) is 0. The minimum Gasteiger partial charge on any atom is -0.472 e. The fourth-order valence-corrected chi connectivity index (χ4v) is 2.72. The SMILES string of the molecule is COC[C@@H]1CN(Cc2ccoc2)C[C@H]1C(=O)N(C)C. The second-order valence-corrected chi connectivity index (χ2v) is 5.38. The summed E-state index contributed by atoms with van der Waals surface area (Å²) < 4.78 is 10.3. The topological polar surface area (TPSA) is 45.9 Å². The molecule has 0 bridgehead atoms. The molecule has 1 aromatic heterocycles. The van der Waals surface area contributed by atoms with Gasteiger partial charge in [0.05, 0.1) is 25.1 Å². The van der Waals surface area contributed by atoms with E-state index in [2.05, 4.69) is 4.90 Å². The summed E-state index contributed by atoms with van der Waals surface area (Å²) in [6, 6.07) is 1.96. The molecular weight excluding hydrogens is 244 g/mol. The lowest BCUT2D eigenvalue weighted by Gasteiger charge is -2.20. The Hall–Kier alpha value is -1.33. The van der Waals surface area contributed by atoms with Crippen molar-refractivity contribution in [2.24, 2.45) is 11.8 Å². The molecule has 1 saturated heterocycles. The Morgan fingerprint density at radius 3 is 2.89 bits per heavy atom. The van der Waals surface area contributed by atoms with E-state index in [-0.39, 0.29) is 17.7 Å². The van der Waals surface area contributed by atoms with Gasteiger partial charge in [-0.3, -0.25) is 9.69 Å². The van der Waals surface area contributed by atoms with Crippen molar-refractivity contribution in [3.05, 3.63) is 24.2 Å². The van der Waals surface area contributed by atoms with Gasteiger partial charge in [0.1, 0.15) is 0 Å². The maximum Gasteiger partial charge on any atom is 0.226 e. The van der Waals surface area contributed by atoms with Gasteiger partial charge in [0.25, 0.3) is 0 Å². The van der Waals surface area contributed by atoms with Crippen LogP contribution in [-0.4, -0.2) is 56.6 Å². The third-order valence-electron chi connectivity index (χ3n) is 3.64. The average molecular weight is 266 g/mol. The van der Waals surface area contributed by atoms with Gasteiger partial charge < -0.3 is 14.1 Å². The molecular formula is C14H22N2O3. The first-order valence-corrected chi connectivity index (χ1v) is 6.55. The maximum atomic E-state index is 12.2. The van der Waals surface area contributed by atoms with E-state index >= 15 is 0 Å². The number of nitrogens with zero attached hydrogens (tertiary/aromatic N) is 2. The minimum atomic E-state index is 0.0295. The Kier molecular flexibility index (Phi) is 4.61. The Morgan fingerprint density at radius 1 is 1.53 bits per heavy atom. The smallest absolute Gasteiger partial charge is 0.226 e. The highest BCUT2D eigenvalue weighted by molar-refractivity contribution is 5.79. The van der Waals surface area contributed by atoms with Crippen LogP contribution in [0.25, 0.3) is 0 Å². The number of furan rings is 1. The summed E-state index contributed by atoms with van der Waals surface area (Å²) in [7, 11) is 5.31. The van der Waals surface area contributed by atoms with Gasteiger partial charge in [-0.1, -0.05) is 0 Å². The molecule has 0 spiro atoms. The number of ether oxygens (including phenoxy) is 1. The predicted octanol–water partition coefficient (Wildman–Crippen LogP) is 1.06. The summed E-state index contributed by atoms with van der Waals surface area (Å²) in [4.78, 5) is 16.2. The monoisotopic (exact) mass is 266 g/mol. The van der Waals surface area contributed by atoms with Crippen LogP contribution in [0.1, 0.15) is 5.56 Å². The van der Waals surface area contributed by atoms with E-state index in [1.165, 1.54) is 0 Å². The van der Waals surface area contributed by atoms with Crippen molar-refractivity contribution in [2.75, 3.05) is 40.9 Å². The fraction of sp³-hybridized carbons (Fsp3) is 0.643. The normalized spacial score (nSPS) is 23.7. The third-order valence-corrected chi connectivity index (χ3v) is 3.64. The Morgan fingerprint density at radius 2 is 2.32 bits per heavy atom. The number of hydrogen-bond acceptors (Lipinski definition) is 4. The minimum absolute atomic E-state index is 0.0295. The lowest BCUT2D eigenvalue weighted by atomic mass is 9.96. The highest BCUT2D eigenvalue weighted by atomic mass is 16.5. The average Bonchev–Trinajstić information content (AvgIpc) is 2.99. The molecule has 2 rings (SSSR count). The summed E-state index contributed by atoms with van der Waals surface area (Å²) in [5.41, 5.74) is 1.15. The van der Waals surface area contributed by atoms with Crippen molar-refractivity contribution >= 4 is 5.91 Å². The van der Waals surface area contributed by atoms with E-state index in [4.69, 9.17) is 9.15 Å². The quantitative estimate of drug-likeness (QED) is 0.799. The molecule has 0 aliphatic carbocycles. The third kappa shape index (κ3) is 3.36. The van der Waals surface area contributed by atoms with E-state index in [1.807, 2.05) is 20.2 Å². The molecule has 1 aliphatic heterocycles. The standard InChI is InChI=1S/C14H22N2O3/c1-15(2)14(17)13-8-16(7-12(13)10-18-3)6-11-4-5-19-9-11/h4-5,9,12-13H,6-8,10H2,1-3H3/t12-,13+/m0/s1. The van der Waals surface area contributed by atoms with Crippen LogP contribution < -0.4 is 0 Å². The molecule has 1 aliphatic rings. The summed E-state index contributed by atoms with van der Waals surface area (Å²) in [6.45, 7) is 3.14. The Labute approximate surface area is 114 Å². The zero-order chi connectivity index (χ0) is 13.8. The summed E-state index contributed by atoms with van der Waals surface area (Å²) in [5.74, 6) is 0.491. The fourth-order valence-electron chi connectivity index (χ4n) is 2.72. The summed E-state index contributed by atoms with van der Waals surface area (Å²) in [6.07, 6.45) is 3.44. The van der Waals surface area contributed by atoms with Crippen molar-refractivity contribution in [3.8, 4) is 0 Å². The highest BCUT2D eigenvalue weighted by Gasteiger charge is 2.38. The first-order valence-electron chi connectivity index (χ1n) is 6.55. The van der Waals surface area contributed by atoms with Crippen molar-refractivity contribution in [1.82, 2.24) is 9.80 Å². The molecule has 5 nitrogen and oxygen atoms in total. The summed E-state index contributed by atoms with van der Waals surface area (Å²) >= 11 is 0. The van der Waals surface area contributed by atoms with Gasteiger partial charge in [-0.2, -0.15) is 0 Å². The zero-order valence-corrected chi connectivity index (χ0v) is 11.8. The lowest BCUT2D eigenvalue weighted by Crippen LogP contribution is -2.35. The van der Waals surface area contributed by atoms with Crippen LogP contribution in [0.3, 0.4) is 0 Å². The first kappa shape index (κ1) is 14.1. The Balaban J connectivity index is 2.00. The van der Waals surface area contributed by atoms with Crippen molar-refractivity contribution in [1.29, 1.82) is 0 Å². The van der Waals surface area contributed by atoms with E-state index in [9.17, 15) is 4.79 Å². The molecule has 0 aromatic carbocycles. The molecule has 0 saturated carbocycles. The second-order valence-electron chi connectivity index (χ2n) is 5.38. The Bertz CT molecular complexity index is 403. The second kappa shape index (κ2) is 6.21. The van der Waals surface area contributed by atoms with Crippen LogP contribution in [0.5, 0.6) is 0 Å². The summed E-state index contributed by atoms with van der Waals surface area (Å²) in [5, 5.41) is 0. The van der Waals surface area contributed by atoms with E-state index in [0.29, 0.717) is 6.61 Å². The van der Waals surface area contributed by atoms with Crippen molar-refractivity contribution in [2.45, 2.75) is 6.54 Å². The molecule has 2 heterocycles. The molecule has 0 N–H and O–H groups in total. The number of rotatable bonds is 5. The van der Waals surface area contributed by atoms with Crippen molar-refractivity contribution < 1.29 is 13.9 Å². The van der Waals surface area contributed by atoms with Crippen LogP contribution in [0.15, 0.2) is 23.0 Å². The predicted molar refractivity (Wildman–Crippen MR) is 71.5 cm³/mol. The first-order chi connectivity index (χ1) is 9.11. The van der Waals surface area contributed by atoms with E-state index in [1.54, 1.807) is 24.5 Å². The number of likely N-dealkylation sites (tertiary alicyclic amines) is 1. The molecule has 106 valence electrons. The lowest BCUT2D eigenvalue weighted by molar-refractivity contribution is -0.134. The van der Waals surface area contributed by atoms with Gasteiger partial charge in [-0.05, 0) is 6.07 Å². The molecule has 2 atom stereocenters. The molecule has 19 heavy (non-hydrogen) atoms. The molecule has 0 unspecified atom stereocenters. The molecule has 5 heteroatoms. The van der Waals surface area contributed by atoms with E-state index in [0.717, 1.165) is 25.2 Å². The highest BCUT2D eigenvalue weighted by Crippen LogP contribution is 2.26. The maximum absolute atomic E-state index is 12.2.